The summed E-state index contributed by atoms with van der Waals surface area (Å²) in [6.45, 7) is 4.87. The number of benzene rings is 1. The molecule has 2 N–H and O–H groups in total. The number of hydrogen-bond donors (Lipinski definition) is 2. The van der Waals surface area contributed by atoms with Crippen molar-refractivity contribution in [1.29, 1.82) is 0 Å². The van der Waals surface area contributed by atoms with Crippen molar-refractivity contribution >= 4 is 0 Å². The van der Waals surface area contributed by atoms with E-state index >= 15 is 0 Å². The molecule has 2 rings (SSSR count). The number of aromatic amines is 1. The van der Waals surface area contributed by atoms with E-state index in [4.69, 9.17) is 4.74 Å². The van der Waals surface area contributed by atoms with Crippen molar-refractivity contribution in [3.8, 4) is 5.75 Å². The van der Waals surface area contributed by atoms with Crippen molar-refractivity contribution < 1.29 is 4.74 Å². The molecule has 1 atom stereocenters. The Labute approximate surface area is 107 Å². The van der Waals surface area contributed by atoms with E-state index in [0.29, 0.717) is 0 Å². The van der Waals surface area contributed by atoms with Crippen LogP contribution < -0.4 is 10.1 Å². The molecule has 0 aliphatic carbocycles. The molecule has 0 saturated carbocycles. The SMILES string of the molecule is COc1cccc([C@@H](C)NCc2cnc(C)[nH]2)c1. The topological polar surface area (TPSA) is 49.9 Å². The van der Waals surface area contributed by atoms with E-state index in [1.807, 2.05) is 25.3 Å². The highest BCUT2D eigenvalue weighted by Crippen LogP contribution is 2.18. The van der Waals surface area contributed by atoms with Crippen LogP contribution in [0.4, 0.5) is 0 Å². The van der Waals surface area contributed by atoms with E-state index in [0.717, 1.165) is 23.8 Å². The van der Waals surface area contributed by atoms with E-state index in [1.165, 1.54) is 5.56 Å². The third kappa shape index (κ3) is 3.11. The zero-order chi connectivity index (χ0) is 13.0. The number of nitrogens with one attached hydrogen (secondary N) is 2. The van der Waals surface area contributed by atoms with Crippen molar-refractivity contribution in [2.75, 3.05) is 7.11 Å². The smallest absolute Gasteiger partial charge is 0.119 e. The van der Waals surface area contributed by atoms with E-state index in [-0.39, 0.29) is 6.04 Å². The maximum Gasteiger partial charge on any atom is 0.119 e. The third-order valence-corrected chi connectivity index (χ3v) is 2.95. The molecule has 2 aromatic rings. The maximum atomic E-state index is 5.23. The Bertz CT molecular complexity index is 507. The molecule has 1 heterocycles. The average Bonchev–Trinajstić information content (AvgIpc) is 2.82. The molecule has 1 aromatic carbocycles. The quantitative estimate of drug-likeness (QED) is 0.851. The maximum absolute atomic E-state index is 5.23. The van der Waals surface area contributed by atoms with Crippen LogP contribution in [-0.4, -0.2) is 17.1 Å². The number of hydrogen-bond acceptors (Lipinski definition) is 3. The van der Waals surface area contributed by atoms with Crippen LogP contribution in [0, 0.1) is 6.92 Å². The normalized spacial score (nSPS) is 12.4. The molecule has 4 heteroatoms. The lowest BCUT2D eigenvalue weighted by molar-refractivity contribution is 0.413. The van der Waals surface area contributed by atoms with Crippen LogP contribution in [0.25, 0.3) is 0 Å². The highest BCUT2D eigenvalue weighted by Gasteiger charge is 2.06. The molecule has 96 valence electrons. The molecular weight excluding hydrogens is 226 g/mol. The first kappa shape index (κ1) is 12.6. The first-order chi connectivity index (χ1) is 8.69. The summed E-state index contributed by atoms with van der Waals surface area (Å²) >= 11 is 0. The molecular formula is C14H19N3O. The van der Waals surface area contributed by atoms with Crippen LogP contribution in [0.5, 0.6) is 5.75 Å². The Morgan fingerprint density at radius 3 is 2.94 bits per heavy atom. The zero-order valence-corrected chi connectivity index (χ0v) is 11.0. The van der Waals surface area contributed by atoms with Gasteiger partial charge in [0.15, 0.2) is 0 Å². The van der Waals surface area contributed by atoms with Gasteiger partial charge in [0.25, 0.3) is 0 Å². The van der Waals surface area contributed by atoms with E-state index in [2.05, 4.69) is 34.3 Å². The van der Waals surface area contributed by atoms with Gasteiger partial charge in [0.2, 0.25) is 0 Å². The zero-order valence-electron chi connectivity index (χ0n) is 11.0. The highest BCUT2D eigenvalue weighted by atomic mass is 16.5. The van der Waals surface area contributed by atoms with Crippen LogP contribution in [0.15, 0.2) is 30.5 Å². The van der Waals surface area contributed by atoms with Gasteiger partial charge in [-0.1, -0.05) is 12.1 Å². The van der Waals surface area contributed by atoms with Gasteiger partial charge in [0, 0.05) is 24.5 Å². The minimum absolute atomic E-state index is 0.267. The molecule has 0 bridgehead atoms. The van der Waals surface area contributed by atoms with Gasteiger partial charge < -0.3 is 15.0 Å². The monoisotopic (exact) mass is 245 g/mol. The largest absolute Gasteiger partial charge is 0.497 e. The second-order valence-corrected chi connectivity index (χ2v) is 4.37. The third-order valence-electron chi connectivity index (χ3n) is 2.95. The lowest BCUT2D eigenvalue weighted by Gasteiger charge is -2.14. The van der Waals surface area contributed by atoms with Crippen molar-refractivity contribution in [2.45, 2.75) is 26.4 Å². The van der Waals surface area contributed by atoms with Gasteiger partial charge >= 0.3 is 0 Å². The number of imidazole rings is 1. The molecule has 1 aromatic heterocycles. The summed E-state index contributed by atoms with van der Waals surface area (Å²) in [7, 11) is 1.69. The van der Waals surface area contributed by atoms with Crippen LogP contribution in [0.2, 0.25) is 0 Å². The Kier molecular flexibility index (Phi) is 3.99. The lowest BCUT2D eigenvalue weighted by Crippen LogP contribution is -2.18. The predicted molar refractivity (Wildman–Crippen MR) is 71.6 cm³/mol. The number of H-pyrrole nitrogens is 1. The Morgan fingerprint density at radius 1 is 1.44 bits per heavy atom. The summed E-state index contributed by atoms with van der Waals surface area (Å²) in [6.07, 6.45) is 1.86. The molecule has 0 aliphatic rings. The minimum atomic E-state index is 0.267. The molecule has 18 heavy (non-hydrogen) atoms. The summed E-state index contributed by atoms with van der Waals surface area (Å²) in [5, 5.41) is 3.45. The Balaban J connectivity index is 1.96. The van der Waals surface area contributed by atoms with Gasteiger partial charge in [0.05, 0.1) is 7.11 Å². The number of methoxy groups -OCH3 is 1. The number of nitrogens with zero attached hydrogens (tertiary/aromatic N) is 1. The highest BCUT2D eigenvalue weighted by molar-refractivity contribution is 5.30. The second kappa shape index (κ2) is 5.69. The molecule has 0 amide bonds. The van der Waals surface area contributed by atoms with Gasteiger partial charge in [-0.05, 0) is 31.5 Å². The fraction of sp³-hybridized carbons (Fsp3) is 0.357. The average molecular weight is 245 g/mol. The van der Waals surface area contributed by atoms with Crippen LogP contribution in [-0.2, 0) is 6.54 Å². The van der Waals surface area contributed by atoms with Crippen molar-refractivity contribution in [3.05, 3.63) is 47.5 Å². The number of aromatic nitrogens is 2. The van der Waals surface area contributed by atoms with Crippen LogP contribution in [0.1, 0.15) is 30.0 Å². The Morgan fingerprint density at radius 2 is 2.28 bits per heavy atom. The Hall–Kier alpha value is -1.81. The fourth-order valence-corrected chi connectivity index (χ4v) is 1.85. The van der Waals surface area contributed by atoms with Crippen molar-refractivity contribution in [1.82, 2.24) is 15.3 Å². The number of rotatable bonds is 5. The number of ether oxygens (including phenoxy) is 1. The van der Waals surface area contributed by atoms with Crippen molar-refractivity contribution in [2.24, 2.45) is 0 Å². The van der Waals surface area contributed by atoms with Gasteiger partial charge in [0.1, 0.15) is 11.6 Å². The molecule has 0 unspecified atom stereocenters. The first-order valence-corrected chi connectivity index (χ1v) is 6.07. The summed E-state index contributed by atoms with van der Waals surface area (Å²) in [5.41, 5.74) is 2.31. The van der Waals surface area contributed by atoms with E-state index in [1.54, 1.807) is 7.11 Å². The molecule has 4 nitrogen and oxygen atoms in total. The lowest BCUT2D eigenvalue weighted by atomic mass is 10.1. The summed E-state index contributed by atoms with van der Waals surface area (Å²) in [6, 6.07) is 8.37. The predicted octanol–water partition coefficient (Wildman–Crippen LogP) is 2.58. The van der Waals surface area contributed by atoms with Gasteiger partial charge in [-0.2, -0.15) is 0 Å². The summed E-state index contributed by atoms with van der Waals surface area (Å²) < 4.78 is 5.23. The van der Waals surface area contributed by atoms with Gasteiger partial charge in [-0.15, -0.1) is 0 Å². The second-order valence-electron chi connectivity index (χ2n) is 4.37. The minimum Gasteiger partial charge on any atom is -0.497 e. The van der Waals surface area contributed by atoms with Crippen LogP contribution >= 0.6 is 0 Å². The van der Waals surface area contributed by atoms with E-state index < -0.39 is 0 Å². The number of aryl methyl sites for hydroxylation is 1. The molecule has 0 aliphatic heterocycles. The van der Waals surface area contributed by atoms with Crippen LogP contribution in [0.3, 0.4) is 0 Å². The standard InChI is InChI=1S/C14H19N3O/c1-10(12-5-4-6-14(7-12)18-3)15-8-13-9-16-11(2)17-13/h4-7,9-10,15H,8H2,1-3H3,(H,16,17)/t10-/m1/s1. The molecule has 0 fully saturated rings. The van der Waals surface area contributed by atoms with Gasteiger partial charge in [-0.25, -0.2) is 4.98 Å². The van der Waals surface area contributed by atoms with E-state index in [9.17, 15) is 0 Å². The summed E-state index contributed by atoms with van der Waals surface area (Å²) in [4.78, 5) is 7.39. The fourth-order valence-electron chi connectivity index (χ4n) is 1.85. The molecule has 0 radical (unpaired) electrons. The van der Waals surface area contributed by atoms with Crippen molar-refractivity contribution in [3.63, 3.8) is 0 Å². The molecule has 0 spiro atoms. The summed E-state index contributed by atoms with van der Waals surface area (Å²) in [5.74, 6) is 1.83. The van der Waals surface area contributed by atoms with Gasteiger partial charge in [-0.3, -0.25) is 0 Å². The molecule has 0 saturated heterocycles. The first-order valence-electron chi connectivity index (χ1n) is 6.07.